The first-order chi connectivity index (χ1) is 11.0. The van der Waals surface area contributed by atoms with Crippen LogP contribution in [0.1, 0.15) is 28.0 Å². The first kappa shape index (κ1) is 17.6. The van der Waals surface area contributed by atoms with Gasteiger partial charge in [0.05, 0.1) is 17.4 Å². The van der Waals surface area contributed by atoms with Gasteiger partial charge in [-0.05, 0) is 24.9 Å². The Morgan fingerprint density at radius 1 is 1.39 bits per heavy atom. The van der Waals surface area contributed by atoms with Crippen LogP contribution >= 0.6 is 11.3 Å². The van der Waals surface area contributed by atoms with Gasteiger partial charge in [0.25, 0.3) is 5.91 Å². The van der Waals surface area contributed by atoms with Crippen LogP contribution < -0.4 is 15.8 Å². The summed E-state index contributed by atoms with van der Waals surface area (Å²) in [6, 6.07) is 0. The molecule has 2 heterocycles. The Morgan fingerprint density at radius 3 is 2.74 bits per heavy atom. The summed E-state index contributed by atoms with van der Waals surface area (Å²) in [5, 5.41) is 3.68. The second kappa shape index (κ2) is 7.67. The van der Waals surface area contributed by atoms with E-state index in [0.717, 1.165) is 15.8 Å². The van der Waals surface area contributed by atoms with Crippen molar-refractivity contribution < 1.29 is 14.3 Å². The van der Waals surface area contributed by atoms with E-state index in [1.54, 1.807) is 14.2 Å². The topological polar surface area (TPSA) is 99.4 Å². The molecule has 1 amide bonds. The van der Waals surface area contributed by atoms with Crippen LogP contribution in [0.2, 0.25) is 0 Å². The lowest BCUT2D eigenvalue weighted by Crippen LogP contribution is -2.31. The van der Waals surface area contributed by atoms with Gasteiger partial charge in [-0.1, -0.05) is 6.92 Å². The van der Waals surface area contributed by atoms with E-state index in [-0.39, 0.29) is 11.8 Å². The summed E-state index contributed by atoms with van der Waals surface area (Å²) in [6.07, 6.45) is 0. The first-order valence-corrected chi connectivity index (χ1v) is 8.14. The maximum absolute atomic E-state index is 12.4. The normalized spacial score (nSPS) is 12.4. The Bertz CT molecular complexity index is 702. The molecule has 1 unspecified atom stereocenters. The van der Waals surface area contributed by atoms with E-state index in [1.165, 1.54) is 11.3 Å². The molecule has 0 fully saturated rings. The summed E-state index contributed by atoms with van der Waals surface area (Å²) in [5.41, 5.74) is 6.40. The summed E-state index contributed by atoms with van der Waals surface area (Å²) < 4.78 is 10.4. The molecule has 0 saturated heterocycles. The van der Waals surface area contributed by atoms with E-state index < -0.39 is 0 Å². The number of nitrogens with zero attached hydrogens (tertiary/aromatic N) is 2. The number of carbonyl (C=O) groups is 1. The van der Waals surface area contributed by atoms with Crippen LogP contribution in [-0.2, 0) is 11.3 Å². The van der Waals surface area contributed by atoms with Crippen LogP contribution in [0.5, 0.6) is 5.88 Å². The Balaban J connectivity index is 2.38. The third-order valence-electron chi connectivity index (χ3n) is 3.49. The Kier molecular flexibility index (Phi) is 5.86. The van der Waals surface area contributed by atoms with Crippen molar-refractivity contribution in [1.82, 2.24) is 15.3 Å². The standard InChI is InChI=1S/C15H22N4O3S/c1-8(5-16)6-17-13(20)12-9(2)11-14(22-4)18-10(7-21-3)19-15(11)23-12/h8H,5-7,16H2,1-4H3,(H,17,20). The van der Waals surface area contributed by atoms with E-state index in [4.69, 9.17) is 15.2 Å². The summed E-state index contributed by atoms with van der Waals surface area (Å²) in [6.45, 7) is 5.23. The second-order valence-corrected chi connectivity index (χ2v) is 6.37. The fourth-order valence-corrected chi connectivity index (χ4v) is 3.24. The predicted octanol–water partition coefficient (Wildman–Crippen LogP) is 1.48. The van der Waals surface area contributed by atoms with Gasteiger partial charge >= 0.3 is 0 Å². The van der Waals surface area contributed by atoms with Gasteiger partial charge in [0.2, 0.25) is 5.88 Å². The van der Waals surface area contributed by atoms with Gasteiger partial charge in [-0.3, -0.25) is 4.79 Å². The van der Waals surface area contributed by atoms with Crippen LogP contribution in [0.4, 0.5) is 0 Å². The third kappa shape index (κ3) is 3.77. The predicted molar refractivity (Wildman–Crippen MR) is 90.0 cm³/mol. The van der Waals surface area contributed by atoms with Crippen molar-refractivity contribution >= 4 is 27.5 Å². The lowest BCUT2D eigenvalue weighted by molar-refractivity contribution is 0.0952. The lowest BCUT2D eigenvalue weighted by Gasteiger charge is -2.09. The number of ether oxygens (including phenoxy) is 2. The Labute approximate surface area is 139 Å². The van der Waals surface area contributed by atoms with Crippen molar-refractivity contribution in [3.8, 4) is 5.88 Å². The number of methoxy groups -OCH3 is 2. The smallest absolute Gasteiger partial charge is 0.261 e. The molecule has 8 heteroatoms. The number of amides is 1. The van der Waals surface area contributed by atoms with Crippen LogP contribution in [-0.4, -0.2) is 43.2 Å². The van der Waals surface area contributed by atoms with E-state index in [1.807, 2.05) is 13.8 Å². The Hall–Kier alpha value is -1.77. The van der Waals surface area contributed by atoms with E-state index in [9.17, 15) is 4.79 Å². The molecule has 0 spiro atoms. The highest BCUT2D eigenvalue weighted by Gasteiger charge is 2.21. The van der Waals surface area contributed by atoms with Gasteiger partial charge in [-0.25, -0.2) is 4.98 Å². The van der Waals surface area contributed by atoms with Crippen molar-refractivity contribution in [3.05, 3.63) is 16.3 Å². The van der Waals surface area contributed by atoms with Crippen LogP contribution in [0.15, 0.2) is 0 Å². The van der Waals surface area contributed by atoms with Gasteiger partial charge in [-0.2, -0.15) is 4.98 Å². The summed E-state index contributed by atoms with van der Waals surface area (Å²) in [7, 11) is 3.13. The minimum atomic E-state index is -0.124. The number of rotatable bonds is 7. The number of carbonyl (C=O) groups excluding carboxylic acids is 1. The molecule has 2 aromatic rings. The highest BCUT2D eigenvalue weighted by Crippen LogP contribution is 2.34. The third-order valence-corrected chi connectivity index (χ3v) is 4.67. The van der Waals surface area contributed by atoms with Gasteiger partial charge in [-0.15, -0.1) is 11.3 Å². The highest BCUT2D eigenvalue weighted by atomic mass is 32.1. The number of aryl methyl sites for hydroxylation is 1. The van der Waals surface area contributed by atoms with Crippen LogP contribution in [0.3, 0.4) is 0 Å². The van der Waals surface area contributed by atoms with Crippen molar-refractivity contribution in [1.29, 1.82) is 0 Å². The zero-order chi connectivity index (χ0) is 17.0. The number of nitrogens with one attached hydrogen (secondary N) is 1. The molecule has 0 radical (unpaired) electrons. The molecular formula is C15H22N4O3S. The van der Waals surface area contributed by atoms with Gasteiger partial charge in [0, 0.05) is 13.7 Å². The molecule has 0 aliphatic carbocycles. The molecule has 7 nitrogen and oxygen atoms in total. The maximum Gasteiger partial charge on any atom is 0.261 e. The minimum Gasteiger partial charge on any atom is -0.480 e. The van der Waals surface area contributed by atoms with E-state index in [0.29, 0.717) is 36.3 Å². The average Bonchev–Trinajstić information content (AvgIpc) is 2.88. The molecule has 126 valence electrons. The lowest BCUT2D eigenvalue weighted by atomic mass is 10.1. The number of thiophene rings is 1. The molecule has 0 aromatic carbocycles. The zero-order valence-electron chi connectivity index (χ0n) is 13.8. The average molecular weight is 338 g/mol. The van der Waals surface area contributed by atoms with Gasteiger partial charge in [0.15, 0.2) is 5.82 Å². The summed E-state index contributed by atoms with van der Waals surface area (Å²) in [4.78, 5) is 22.5. The zero-order valence-corrected chi connectivity index (χ0v) is 14.6. The number of fused-ring (bicyclic) bond motifs is 1. The second-order valence-electron chi connectivity index (χ2n) is 5.37. The van der Waals surface area contributed by atoms with Crippen molar-refractivity contribution in [2.45, 2.75) is 20.5 Å². The first-order valence-electron chi connectivity index (χ1n) is 7.33. The quantitative estimate of drug-likeness (QED) is 0.793. The summed E-state index contributed by atoms with van der Waals surface area (Å²) in [5.74, 6) is 1.10. The van der Waals surface area contributed by atoms with Crippen molar-refractivity contribution in [2.75, 3.05) is 27.3 Å². The molecular weight excluding hydrogens is 316 g/mol. The molecule has 23 heavy (non-hydrogen) atoms. The number of hydrogen-bond donors (Lipinski definition) is 2. The minimum absolute atomic E-state index is 0.124. The van der Waals surface area contributed by atoms with Gasteiger partial charge in [0.1, 0.15) is 11.4 Å². The van der Waals surface area contributed by atoms with Gasteiger partial charge < -0.3 is 20.5 Å². The number of aromatic nitrogens is 2. The SMILES string of the molecule is COCc1nc(OC)c2c(C)c(C(=O)NCC(C)CN)sc2n1. The van der Waals surface area contributed by atoms with E-state index >= 15 is 0 Å². The Morgan fingerprint density at radius 2 is 2.13 bits per heavy atom. The number of nitrogens with two attached hydrogens (primary N) is 1. The molecule has 2 rings (SSSR count). The molecule has 0 bridgehead atoms. The molecule has 0 aliphatic heterocycles. The van der Waals surface area contributed by atoms with E-state index in [2.05, 4.69) is 15.3 Å². The fourth-order valence-electron chi connectivity index (χ4n) is 2.13. The van der Waals surface area contributed by atoms with Crippen molar-refractivity contribution in [2.24, 2.45) is 11.7 Å². The molecule has 0 aliphatic rings. The number of hydrogen-bond acceptors (Lipinski definition) is 7. The highest BCUT2D eigenvalue weighted by molar-refractivity contribution is 7.20. The molecule has 3 N–H and O–H groups in total. The largest absolute Gasteiger partial charge is 0.480 e. The monoisotopic (exact) mass is 338 g/mol. The van der Waals surface area contributed by atoms with Crippen molar-refractivity contribution in [3.63, 3.8) is 0 Å². The summed E-state index contributed by atoms with van der Waals surface area (Å²) >= 11 is 1.33. The fraction of sp³-hybridized carbons (Fsp3) is 0.533. The maximum atomic E-state index is 12.4. The molecule has 1 atom stereocenters. The van der Waals surface area contributed by atoms with Crippen LogP contribution in [0.25, 0.3) is 10.2 Å². The van der Waals surface area contributed by atoms with Crippen LogP contribution in [0, 0.1) is 12.8 Å². The molecule has 2 aromatic heterocycles. The molecule has 0 saturated carbocycles.